The van der Waals surface area contributed by atoms with Gasteiger partial charge in [-0.25, -0.2) is 4.79 Å². The van der Waals surface area contributed by atoms with E-state index in [0.29, 0.717) is 36.0 Å². The number of ketones is 2. The Morgan fingerprint density at radius 1 is 1.26 bits per heavy atom. The second-order valence-corrected chi connectivity index (χ2v) is 10.4. The molecule has 5 rings (SSSR count). The second-order valence-electron chi connectivity index (χ2n) is 10.4. The van der Waals surface area contributed by atoms with Gasteiger partial charge in [0.05, 0.1) is 17.9 Å². The molecule has 0 radical (unpaired) electrons. The molecule has 2 heterocycles. The van der Waals surface area contributed by atoms with Crippen LogP contribution in [0, 0.1) is 17.3 Å². The minimum Gasteiger partial charge on any atom is -0.460 e. The van der Waals surface area contributed by atoms with Crippen LogP contribution < -0.4 is 0 Å². The molecule has 34 heavy (non-hydrogen) atoms. The third-order valence-electron chi connectivity index (χ3n) is 8.66. The Morgan fingerprint density at radius 3 is 2.68 bits per heavy atom. The van der Waals surface area contributed by atoms with Crippen molar-refractivity contribution in [1.29, 1.82) is 0 Å². The number of furan rings is 1. The minimum absolute atomic E-state index is 0.0704. The van der Waals surface area contributed by atoms with Crippen LogP contribution in [0.3, 0.4) is 0 Å². The number of cyclic esters (lactones) is 1. The van der Waals surface area contributed by atoms with Crippen LogP contribution in [0.25, 0.3) is 0 Å². The first-order valence-corrected chi connectivity index (χ1v) is 11.9. The summed E-state index contributed by atoms with van der Waals surface area (Å²) < 4.78 is 23.0. The topological polar surface area (TPSA) is 109 Å². The predicted molar refractivity (Wildman–Crippen MR) is 118 cm³/mol. The lowest BCUT2D eigenvalue weighted by molar-refractivity contribution is -0.156. The Hall–Kier alpha value is -2.74. The van der Waals surface area contributed by atoms with Crippen molar-refractivity contribution in [3.05, 3.63) is 34.3 Å². The summed E-state index contributed by atoms with van der Waals surface area (Å²) in [6, 6.07) is 0. The average molecular weight is 471 g/mol. The molecule has 8 nitrogen and oxygen atoms in total. The first kappa shape index (κ1) is 23.0. The van der Waals surface area contributed by atoms with Gasteiger partial charge in [0.2, 0.25) is 5.78 Å². The maximum atomic E-state index is 13.9. The van der Waals surface area contributed by atoms with E-state index in [1.807, 2.05) is 20.8 Å². The molecule has 8 heteroatoms. The number of rotatable bonds is 5. The summed E-state index contributed by atoms with van der Waals surface area (Å²) in [4.78, 5) is 52.7. The minimum atomic E-state index is -1.00. The summed E-state index contributed by atoms with van der Waals surface area (Å²) >= 11 is 0. The second kappa shape index (κ2) is 7.63. The van der Waals surface area contributed by atoms with Crippen molar-refractivity contribution in [3.8, 4) is 0 Å². The predicted octanol–water partition coefficient (Wildman–Crippen LogP) is 3.56. The van der Waals surface area contributed by atoms with Crippen molar-refractivity contribution in [1.82, 2.24) is 0 Å². The van der Waals surface area contributed by atoms with Crippen LogP contribution in [0.5, 0.6) is 0 Å². The van der Waals surface area contributed by atoms with E-state index in [-0.39, 0.29) is 53.7 Å². The number of Topliss-reactive ketones (excluding diaryl/α,β-unsaturated/α-hetero) is 2. The number of methoxy groups -OCH3 is 1. The zero-order valence-corrected chi connectivity index (χ0v) is 20.2. The van der Waals surface area contributed by atoms with E-state index in [9.17, 15) is 19.2 Å². The number of fused-ring (bicyclic) bond motifs is 3. The molecule has 0 spiro atoms. The number of esters is 2. The van der Waals surface area contributed by atoms with Gasteiger partial charge in [-0.05, 0) is 25.3 Å². The SMILES string of the molecule is CC[C@H](C)C(=O)O[C@@H]1C[C@]2(C)C(=O)CC[C@H]2C2=C1[C@]1(C)c3c(coc3C2=O)C(=O)O[C@@H]1COC. The highest BCUT2D eigenvalue weighted by molar-refractivity contribution is 6.14. The number of hydrogen-bond donors (Lipinski definition) is 0. The van der Waals surface area contributed by atoms with Crippen LogP contribution in [0.1, 0.15) is 79.9 Å². The summed E-state index contributed by atoms with van der Waals surface area (Å²) in [5.41, 5.74) is -0.0643. The van der Waals surface area contributed by atoms with E-state index in [1.165, 1.54) is 13.4 Å². The molecule has 0 aromatic carbocycles. The normalized spacial score (nSPS) is 34.9. The Morgan fingerprint density at radius 2 is 2.00 bits per heavy atom. The van der Waals surface area contributed by atoms with Crippen LogP contribution >= 0.6 is 0 Å². The fourth-order valence-electron chi connectivity index (χ4n) is 6.50. The summed E-state index contributed by atoms with van der Waals surface area (Å²) in [7, 11) is 1.51. The Kier molecular flexibility index (Phi) is 5.17. The van der Waals surface area contributed by atoms with Gasteiger partial charge in [0.1, 0.15) is 29.8 Å². The standard InChI is InChI=1S/C26H30O8/c1-6-12(2)23(29)33-15-9-25(3)14(7-8-16(25)27)18-20(15)26(4)17(11-31-5)34-24(30)13-10-32-22(19(13)26)21(18)28/h10,12,14-15,17H,6-9,11H2,1-5H3/t12-,14-,15+,17+,25-,26-/m0/s1. The van der Waals surface area contributed by atoms with Crippen LogP contribution in [0.2, 0.25) is 0 Å². The molecule has 0 N–H and O–H groups in total. The molecular formula is C26H30O8. The molecule has 0 unspecified atom stereocenters. The van der Waals surface area contributed by atoms with Crippen molar-refractivity contribution in [2.75, 3.05) is 13.7 Å². The summed E-state index contributed by atoms with van der Waals surface area (Å²) in [6.07, 6.45) is 1.51. The van der Waals surface area contributed by atoms with Gasteiger partial charge in [-0.2, -0.15) is 0 Å². The molecule has 0 saturated heterocycles. The third-order valence-corrected chi connectivity index (χ3v) is 8.66. The molecular weight excluding hydrogens is 440 g/mol. The number of hydrogen-bond acceptors (Lipinski definition) is 8. The van der Waals surface area contributed by atoms with Crippen LogP contribution in [-0.2, 0) is 29.2 Å². The molecule has 1 aromatic rings. The first-order chi connectivity index (χ1) is 16.1. The van der Waals surface area contributed by atoms with Crippen molar-refractivity contribution < 1.29 is 37.8 Å². The molecule has 0 amide bonds. The molecule has 6 atom stereocenters. The summed E-state index contributed by atoms with van der Waals surface area (Å²) in [6.45, 7) is 7.55. The maximum absolute atomic E-state index is 13.9. The quantitative estimate of drug-likeness (QED) is 0.601. The Bertz CT molecular complexity index is 1140. The lowest BCUT2D eigenvalue weighted by Crippen LogP contribution is -2.57. The molecule has 3 aliphatic carbocycles. The van der Waals surface area contributed by atoms with E-state index in [4.69, 9.17) is 18.6 Å². The van der Waals surface area contributed by atoms with E-state index >= 15 is 0 Å². The fraction of sp³-hybridized carbons (Fsp3) is 0.615. The lowest BCUT2D eigenvalue weighted by Gasteiger charge is -2.51. The number of allylic oxidation sites excluding steroid dienone is 1. The fourth-order valence-corrected chi connectivity index (χ4v) is 6.50. The highest BCUT2D eigenvalue weighted by Gasteiger charge is 2.64. The van der Waals surface area contributed by atoms with E-state index in [0.717, 1.165) is 0 Å². The average Bonchev–Trinajstić information content (AvgIpc) is 3.38. The van der Waals surface area contributed by atoms with Gasteiger partial charge in [-0.15, -0.1) is 0 Å². The van der Waals surface area contributed by atoms with Gasteiger partial charge in [-0.1, -0.05) is 20.8 Å². The van der Waals surface area contributed by atoms with Gasteiger partial charge in [0.25, 0.3) is 0 Å². The first-order valence-electron chi connectivity index (χ1n) is 11.9. The highest BCUT2D eigenvalue weighted by Crippen LogP contribution is 2.61. The number of carbonyl (C=O) groups excluding carboxylic acids is 4. The van der Waals surface area contributed by atoms with Crippen molar-refractivity contribution >= 4 is 23.5 Å². The number of carbonyl (C=O) groups is 4. The van der Waals surface area contributed by atoms with Gasteiger partial charge < -0.3 is 18.6 Å². The molecule has 0 bridgehead atoms. The largest absolute Gasteiger partial charge is 0.460 e. The van der Waals surface area contributed by atoms with Gasteiger partial charge >= 0.3 is 11.9 Å². The van der Waals surface area contributed by atoms with E-state index in [2.05, 4.69) is 0 Å². The maximum Gasteiger partial charge on any atom is 0.342 e. The zero-order valence-electron chi connectivity index (χ0n) is 20.2. The lowest BCUT2D eigenvalue weighted by atomic mass is 9.54. The van der Waals surface area contributed by atoms with Crippen molar-refractivity contribution in [2.24, 2.45) is 17.3 Å². The summed E-state index contributed by atoms with van der Waals surface area (Å²) in [5, 5.41) is 0. The van der Waals surface area contributed by atoms with E-state index in [1.54, 1.807) is 6.92 Å². The monoisotopic (exact) mass is 470 g/mol. The Balaban J connectivity index is 1.77. The highest BCUT2D eigenvalue weighted by atomic mass is 16.6. The molecule has 1 aliphatic heterocycles. The van der Waals surface area contributed by atoms with E-state index < -0.39 is 29.0 Å². The molecule has 182 valence electrons. The summed E-state index contributed by atoms with van der Waals surface area (Å²) in [5.74, 6) is -1.77. The van der Waals surface area contributed by atoms with Crippen LogP contribution in [0.4, 0.5) is 0 Å². The molecule has 1 saturated carbocycles. The third kappa shape index (κ3) is 2.81. The van der Waals surface area contributed by atoms with Crippen molar-refractivity contribution in [2.45, 2.75) is 71.0 Å². The van der Waals surface area contributed by atoms with Gasteiger partial charge in [-0.3, -0.25) is 14.4 Å². The van der Waals surface area contributed by atoms with Gasteiger partial charge in [0, 0.05) is 42.4 Å². The zero-order chi connectivity index (χ0) is 24.6. The number of ether oxygens (including phenoxy) is 3. The molecule has 4 aliphatic rings. The molecule has 1 aromatic heterocycles. The van der Waals surface area contributed by atoms with Crippen LogP contribution in [-0.4, -0.2) is 49.4 Å². The van der Waals surface area contributed by atoms with Crippen molar-refractivity contribution in [3.63, 3.8) is 0 Å². The van der Waals surface area contributed by atoms with Crippen LogP contribution in [0.15, 0.2) is 21.8 Å². The molecule has 1 fully saturated rings. The smallest absolute Gasteiger partial charge is 0.342 e. The Labute approximate surface area is 198 Å². The van der Waals surface area contributed by atoms with Gasteiger partial charge in [0.15, 0.2) is 5.76 Å².